The van der Waals surface area contributed by atoms with E-state index >= 15 is 0 Å². The largest absolute Gasteiger partial charge is 0.481 e. The van der Waals surface area contributed by atoms with Gasteiger partial charge in [-0.25, -0.2) is 12.8 Å². The Labute approximate surface area is 209 Å². The number of aliphatic carboxylic acids is 1. The molecule has 3 aromatic rings. The van der Waals surface area contributed by atoms with Gasteiger partial charge >= 0.3 is 5.97 Å². The number of fused-ring (bicyclic) bond motifs is 1. The number of carboxylic acids is 1. The number of allylic oxidation sites excluding steroid dienone is 1. The lowest BCUT2D eigenvalue weighted by molar-refractivity contribution is -0.142. The maximum atomic E-state index is 14.4. The van der Waals surface area contributed by atoms with Gasteiger partial charge in [0, 0.05) is 5.56 Å². The maximum Gasteiger partial charge on any atom is 0.308 e. The predicted molar refractivity (Wildman–Crippen MR) is 137 cm³/mol. The molecule has 0 bridgehead atoms. The Morgan fingerprint density at radius 1 is 1.14 bits per heavy atom. The van der Waals surface area contributed by atoms with Gasteiger partial charge in [-0.15, -0.1) is 0 Å². The fraction of sp³-hybridized carbons (Fsp3) is 0.222. The van der Waals surface area contributed by atoms with Crippen molar-refractivity contribution in [2.24, 2.45) is 5.92 Å². The summed E-state index contributed by atoms with van der Waals surface area (Å²) in [5.74, 6) is -2.41. The molecule has 0 aromatic heterocycles. The highest BCUT2D eigenvalue weighted by atomic mass is 35.5. The molecule has 4 rings (SSSR count). The van der Waals surface area contributed by atoms with E-state index in [4.69, 9.17) is 11.6 Å². The minimum Gasteiger partial charge on any atom is -0.481 e. The van der Waals surface area contributed by atoms with Crippen LogP contribution in [0.3, 0.4) is 0 Å². The van der Waals surface area contributed by atoms with Crippen LogP contribution in [0.25, 0.3) is 11.6 Å². The third-order valence-corrected chi connectivity index (χ3v) is 8.55. The van der Waals surface area contributed by atoms with Crippen LogP contribution in [0.15, 0.2) is 65.6 Å². The summed E-state index contributed by atoms with van der Waals surface area (Å²) in [4.78, 5) is 12.1. The quantitative estimate of drug-likeness (QED) is 0.413. The minimum atomic E-state index is -4.06. The standard InChI is InChI=1S/C27H25ClFNO4S/c1-16-6-4-7-21(12-16)35(33,34)30-18(3)22(27(31)32)15-20-11-10-19(14-25(20)30)13-17(2)26-23(28)8-5-9-24(26)29/h4-14,18,22H,15H2,1-3H3,(H,31,32)/b17-13+/t18-,22-/m1/s1. The van der Waals surface area contributed by atoms with Gasteiger partial charge in [0.1, 0.15) is 5.82 Å². The van der Waals surface area contributed by atoms with Crippen molar-refractivity contribution >= 4 is 44.9 Å². The molecule has 1 N–H and O–H groups in total. The minimum absolute atomic E-state index is 0.0941. The molecule has 0 fully saturated rings. The molecule has 0 saturated carbocycles. The molecule has 0 amide bonds. The second-order valence-corrected chi connectivity index (χ2v) is 11.0. The van der Waals surface area contributed by atoms with Crippen LogP contribution in [0.2, 0.25) is 5.02 Å². The lowest BCUT2D eigenvalue weighted by atomic mass is 9.87. The normalized spacial score (nSPS) is 18.3. The Kier molecular flexibility index (Phi) is 6.75. The topological polar surface area (TPSA) is 74.7 Å². The fourth-order valence-electron chi connectivity index (χ4n) is 4.57. The van der Waals surface area contributed by atoms with Crippen molar-refractivity contribution in [1.82, 2.24) is 0 Å². The van der Waals surface area contributed by atoms with Crippen molar-refractivity contribution < 1.29 is 22.7 Å². The zero-order valence-electron chi connectivity index (χ0n) is 19.5. The summed E-state index contributed by atoms with van der Waals surface area (Å²) < 4.78 is 43.2. The number of aryl methyl sites for hydroxylation is 1. The third kappa shape index (κ3) is 4.70. The molecule has 8 heteroatoms. The molecule has 0 radical (unpaired) electrons. The Balaban J connectivity index is 1.87. The SMILES string of the molecule is C/C(=C\c1ccc2c(c1)N(S(=O)(=O)c1cccc(C)c1)[C@H](C)[C@H](C(=O)O)C2)c1c(F)cccc1Cl. The molecule has 1 aliphatic rings. The molecule has 5 nitrogen and oxygen atoms in total. The first-order chi connectivity index (χ1) is 16.5. The van der Waals surface area contributed by atoms with Gasteiger partial charge in [0.25, 0.3) is 10.0 Å². The molecular weight excluding hydrogens is 489 g/mol. The molecule has 35 heavy (non-hydrogen) atoms. The van der Waals surface area contributed by atoms with Crippen molar-refractivity contribution in [2.75, 3.05) is 4.31 Å². The first-order valence-corrected chi connectivity index (χ1v) is 12.9. The molecule has 3 aromatic carbocycles. The molecule has 1 heterocycles. The average molecular weight is 514 g/mol. The van der Waals surface area contributed by atoms with Crippen molar-refractivity contribution in [2.45, 2.75) is 38.1 Å². The molecule has 182 valence electrons. The number of hydrogen-bond acceptors (Lipinski definition) is 3. The van der Waals surface area contributed by atoms with Crippen molar-refractivity contribution in [3.63, 3.8) is 0 Å². The number of anilines is 1. The van der Waals surface area contributed by atoms with E-state index in [0.717, 1.165) is 5.56 Å². The van der Waals surface area contributed by atoms with E-state index in [2.05, 4.69) is 0 Å². The second kappa shape index (κ2) is 9.47. The van der Waals surface area contributed by atoms with E-state index in [1.165, 1.54) is 22.5 Å². The van der Waals surface area contributed by atoms with E-state index < -0.39 is 33.8 Å². The summed E-state index contributed by atoms with van der Waals surface area (Å²) in [6, 6.07) is 15.4. The number of benzene rings is 3. The van der Waals surface area contributed by atoms with E-state index in [1.54, 1.807) is 69.3 Å². The number of rotatable bonds is 5. The number of nitrogens with zero attached hydrogens (tertiary/aromatic N) is 1. The fourth-order valence-corrected chi connectivity index (χ4v) is 6.70. The zero-order valence-corrected chi connectivity index (χ0v) is 21.1. The summed E-state index contributed by atoms with van der Waals surface area (Å²) in [5.41, 5.74) is 3.30. The summed E-state index contributed by atoms with van der Waals surface area (Å²) in [5, 5.41) is 10.1. The summed E-state index contributed by atoms with van der Waals surface area (Å²) in [6.45, 7) is 5.14. The van der Waals surface area contributed by atoms with Crippen LogP contribution in [0.4, 0.5) is 10.1 Å². The van der Waals surface area contributed by atoms with Gasteiger partial charge in [-0.2, -0.15) is 0 Å². The van der Waals surface area contributed by atoms with E-state index in [0.29, 0.717) is 22.4 Å². The van der Waals surface area contributed by atoms with Gasteiger partial charge in [0.2, 0.25) is 0 Å². The number of halogens is 2. The third-order valence-electron chi connectivity index (χ3n) is 6.34. The lowest BCUT2D eigenvalue weighted by Gasteiger charge is -2.39. The Bertz CT molecular complexity index is 1430. The van der Waals surface area contributed by atoms with Crippen molar-refractivity contribution in [3.05, 3.63) is 93.8 Å². The first kappa shape index (κ1) is 24.9. The number of hydrogen-bond donors (Lipinski definition) is 1. The number of carbonyl (C=O) groups is 1. The highest BCUT2D eigenvalue weighted by Crippen LogP contribution is 2.39. The molecule has 0 saturated heterocycles. The average Bonchev–Trinajstić information content (AvgIpc) is 2.78. The molecule has 0 unspecified atom stereocenters. The Morgan fingerprint density at radius 3 is 2.51 bits per heavy atom. The maximum absolute atomic E-state index is 14.4. The molecule has 2 atom stereocenters. The Morgan fingerprint density at radius 2 is 1.86 bits per heavy atom. The molecule has 0 spiro atoms. The number of sulfonamides is 1. The van der Waals surface area contributed by atoms with Crippen LogP contribution in [0.1, 0.15) is 36.1 Å². The second-order valence-electron chi connectivity index (χ2n) is 8.82. The zero-order chi connectivity index (χ0) is 25.5. The summed E-state index contributed by atoms with van der Waals surface area (Å²) >= 11 is 6.21. The molecular formula is C27H25ClFNO4S. The van der Waals surface area contributed by atoms with Gasteiger partial charge in [0.15, 0.2) is 0 Å². The first-order valence-electron chi connectivity index (χ1n) is 11.1. The molecule has 1 aliphatic heterocycles. The van der Waals surface area contributed by atoms with Crippen LogP contribution >= 0.6 is 11.6 Å². The van der Waals surface area contributed by atoms with Gasteiger partial charge in [-0.3, -0.25) is 9.10 Å². The van der Waals surface area contributed by atoms with Crippen LogP contribution in [0.5, 0.6) is 0 Å². The van der Waals surface area contributed by atoms with E-state index in [9.17, 15) is 22.7 Å². The molecule has 0 aliphatic carbocycles. The van der Waals surface area contributed by atoms with Gasteiger partial charge in [-0.1, -0.05) is 48.0 Å². The van der Waals surface area contributed by atoms with E-state index in [1.807, 2.05) is 0 Å². The van der Waals surface area contributed by atoms with Crippen LogP contribution < -0.4 is 4.31 Å². The monoisotopic (exact) mass is 513 g/mol. The van der Waals surface area contributed by atoms with Gasteiger partial charge < -0.3 is 5.11 Å². The lowest BCUT2D eigenvalue weighted by Crippen LogP contribution is -2.49. The van der Waals surface area contributed by atoms with Crippen LogP contribution in [0, 0.1) is 18.7 Å². The highest BCUT2D eigenvalue weighted by Gasteiger charge is 2.42. The summed E-state index contributed by atoms with van der Waals surface area (Å²) in [7, 11) is -4.06. The van der Waals surface area contributed by atoms with Gasteiger partial charge in [-0.05, 0) is 79.8 Å². The van der Waals surface area contributed by atoms with E-state index in [-0.39, 0.29) is 21.9 Å². The predicted octanol–water partition coefficient (Wildman–Crippen LogP) is 6.19. The van der Waals surface area contributed by atoms with Crippen LogP contribution in [-0.4, -0.2) is 25.5 Å². The smallest absolute Gasteiger partial charge is 0.308 e. The summed E-state index contributed by atoms with van der Waals surface area (Å²) in [6.07, 6.45) is 1.93. The number of carboxylic acid groups (broad SMARTS) is 1. The van der Waals surface area contributed by atoms with Gasteiger partial charge in [0.05, 0.1) is 27.6 Å². The Hall–Kier alpha value is -3.16. The van der Waals surface area contributed by atoms with Crippen LogP contribution in [-0.2, 0) is 21.2 Å². The van der Waals surface area contributed by atoms with Crippen molar-refractivity contribution in [3.8, 4) is 0 Å². The highest BCUT2D eigenvalue weighted by molar-refractivity contribution is 7.92. The van der Waals surface area contributed by atoms with Crippen molar-refractivity contribution in [1.29, 1.82) is 0 Å².